The standard InChI is InChI=1S/C14H19NO5S/c1-11(2)10-15(3)21(18,19)13-6-4-12(5-7-13)20-9-8-14(16)17/h4-7H,1,8-10H2,2-3H3,(H,16,17). The molecule has 0 aromatic heterocycles. The van der Waals surface area contributed by atoms with Crippen LogP contribution in [-0.2, 0) is 14.8 Å². The van der Waals surface area contributed by atoms with Gasteiger partial charge in [0.15, 0.2) is 0 Å². The molecule has 1 rings (SSSR count). The van der Waals surface area contributed by atoms with E-state index >= 15 is 0 Å². The van der Waals surface area contributed by atoms with Crippen LogP contribution in [0.5, 0.6) is 5.75 Å². The Morgan fingerprint density at radius 3 is 2.38 bits per heavy atom. The second kappa shape index (κ2) is 7.24. The van der Waals surface area contributed by atoms with Gasteiger partial charge in [-0.25, -0.2) is 8.42 Å². The molecule has 1 aromatic rings. The molecule has 116 valence electrons. The van der Waals surface area contributed by atoms with E-state index in [-0.39, 0.29) is 24.5 Å². The van der Waals surface area contributed by atoms with Gasteiger partial charge in [-0.2, -0.15) is 4.31 Å². The monoisotopic (exact) mass is 313 g/mol. The Labute approximate surface area is 124 Å². The molecular weight excluding hydrogens is 294 g/mol. The lowest BCUT2D eigenvalue weighted by Crippen LogP contribution is -2.28. The lowest BCUT2D eigenvalue weighted by Gasteiger charge is -2.17. The number of carbonyl (C=O) groups is 1. The Morgan fingerprint density at radius 1 is 1.33 bits per heavy atom. The molecule has 0 atom stereocenters. The van der Waals surface area contributed by atoms with Crippen molar-refractivity contribution in [2.75, 3.05) is 20.2 Å². The first-order valence-corrected chi connectivity index (χ1v) is 7.73. The second-order valence-electron chi connectivity index (χ2n) is 4.68. The van der Waals surface area contributed by atoms with Crippen molar-refractivity contribution in [2.45, 2.75) is 18.2 Å². The number of nitrogens with zero attached hydrogens (tertiary/aromatic N) is 1. The van der Waals surface area contributed by atoms with Crippen molar-refractivity contribution in [2.24, 2.45) is 0 Å². The minimum absolute atomic E-state index is 0.0387. The second-order valence-corrected chi connectivity index (χ2v) is 6.73. The van der Waals surface area contributed by atoms with Gasteiger partial charge >= 0.3 is 5.97 Å². The highest BCUT2D eigenvalue weighted by molar-refractivity contribution is 7.89. The number of hydrogen-bond donors (Lipinski definition) is 1. The summed E-state index contributed by atoms with van der Waals surface area (Å²) in [6.45, 7) is 5.73. The predicted octanol–water partition coefficient (Wildman–Crippen LogP) is 1.74. The molecule has 1 N–H and O–H groups in total. The average Bonchev–Trinajstić information content (AvgIpc) is 2.38. The number of hydrogen-bond acceptors (Lipinski definition) is 4. The van der Waals surface area contributed by atoms with Crippen LogP contribution in [0.4, 0.5) is 0 Å². The number of rotatable bonds is 8. The fourth-order valence-corrected chi connectivity index (χ4v) is 2.84. The van der Waals surface area contributed by atoms with Crippen molar-refractivity contribution < 1.29 is 23.1 Å². The lowest BCUT2D eigenvalue weighted by molar-refractivity contribution is -0.137. The summed E-state index contributed by atoms with van der Waals surface area (Å²) in [7, 11) is -2.07. The van der Waals surface area contributed by atoms with Crippen LogP contribution in [0.3, 0.4) is 0 Å². The maximum Gasteiger partial charge on any atom is 0.306 e. The largest absolute Gasteiger partial charge is 0.493 e. The third kappa shape index (κ3) is 5.20. The molecule has 0 aliphatic rings. The summed E-state index contributed by atoms with van der Waals surface area (Å²) < 4.78 is 30.9. The van der Waals surface area contributed by atoms with Crippen molar-refractivity contribution in [3.63, 3.8) is 0 Å². The summed E-state index contributed by atoms with van der Waals surface area (Å²) >= 11 is 0. The molecule has 0 radical (unpaired) electrons. The van der Waals surface area contributed by atoms with Gasteiger partial charge in [0.1, 0.15) is 5.75 Å². The van der Waals surface area contributed by atoms with Crippen LogP contribution >= 0.6 is 0 Å². The number of benzene rings is 1. The fraction of sp³-hybridized carbons (Fsp3) is 0.357. The lowest BCUT2D eigenvalue weighted by atomic mass is 10.3. The van der Waals surface area contributed by atoms with Gasteiger partial charge in [0.2, 0.25) is 10.0 Å². The summed E-state index contributed by atoms with van der Waals surface area (Å²) in [5, 5.41) is 8.50. The smallest absolute Gasteiger partial charge is 0.306 e. The molecule has 0 saturated heterocycles. The van der Waals surface area contributed by atoms with Gasteiger partial charge < -0.3 is 9.84 Å². The first kappa shape index (κ1) is 17.2. The Hall–Kier alpha value is -1.86. The summed E-state index contributed by atoms with van der Waals surface area (Å²) in [4.78, 5) is 10.5. The van der Waals surface area contributed by atoms with Crippen LogP contribution in [-0.4, -0.2) is 44.0 Å². The average molecular weight is 313 g/mol. The van der Waals surface area contributed by atoms with Crippen molar-refractivity contribution in [3.05, 3.63) is 36.4 Å². The molecule has 21 heavy (non-hydrogen) atoms. The third-order valence-electron chi connectivity index (χ3n) is 2.61. The number of aliphatic carboxylic acids is 1. The van der Waals surface area contributed by atoms with E-state index in [0.717, 1.165) is 5.57 Å². The van der Waals surface area contributed by atoms with Gasteiger partial charge in [0.05, 0.1) is 17.9 Å². The van der Waals surface area contributed by atoms with Crippen LogP contribution in [0.1, 0.15) is 13.3 Å². The number of likely N-dealkylation sites (N-methyl/N-ethyl adjacent to an activating group) is 1. The minimum Gasteiger partial charge on any atom is -0.493 e. The van der Waals surface area contributed by atoms with Gasteiger partial charge in [0.25, 0.3) is 0 Å². The quantitative estimate of drug-likeness (QED) is 0.739. The molecule has 0 aliphatic carbocycles. The van der Waals surface area contributed by atoms with E-state index < -0.39 is 16.0 Å². The van der Waals surface area contributed by atoms with Gasteiger partial charge in [0, 0.05) is 13.6 Å². The van der Waals surface area contributed by atoms with Crippen LogP contribution in [0, 0.1) is 0 Å². The number of ether oxygens (including phenoxy) is 1. The number of carboxylic acid groups (broad SMARTS) is 1. The fourth-order valence-electron chi connectivity index (χ4n) is 1.61. The minimum atomic E-state index is -3.56. The first-order chi connectivity index (χ1) is 9.73. The Kier molecular flexibility index (Phi) is 5.92. The third-order valence-corrected chi connectivity index (χ3v) is 4.43. The molecule has 0 aliphatic heterocycles. The molecule has 0 amide bonds. The molecule has 7 heteroatoms. The maximum absolute atomic E-state index is 12.2. The summed E-state index contributed by atoms with van der Waals surface area (Å²) in [6.07, 6.45) is -0.110. The maximum atomic E-state index is 12.2. The molecule has 0 unspecified atom stereocenters. The Morgan fingerprint density at radius 2 is 1.90 bits per heavy atom. The molecule has 0 fully saturated rings. The zero-order chi connectivity index (χ0) is 16.0. The van der Waals surface area contributed by atoms with Crippen molar-refractivity contribution >= 4 is 16.0 Å². The van der Waals surface area contributed by atoms with E-state index in [1.807, 2.05) is 0 Å². The zero-order valence-corrected chi connectivity index (χ0v) is 12.9. The van der Waals surface area contributed by atoms with Gasteiger partial charge in [-0.15, -0.1) is 0 Å². The Bertz CT molecular complexity index is 607. The van der Waals surface area contributed by atoms with E-state index in [2.05, 4.69) is 6.58 Å². The van der Waals surface area contributed by atoms with Crippen LogP contribution in [0.25, 0.3) is 0 Å². The van der Waals surface area contributed by atoms with E-state index in [1.54, 1.807) is 6.92 Å². The normalized spacial score (nSPS) is 11.4. The molecule has 0 saturated carbocycles. The first-order valence-electron chi connectivity index (χ1n) is 6.29. The van der Waals surface area contributed by atoms with Gasteiger partial charge in [-0.3, -0.25) is 4.79 Å². The summed E-state index contributed by atoms with van der Waals surface area (Å²) in [5.41, 5.74) is 0.745. The van der Waals surface area contributed by atoms with Crippen LogP contribution in [0.2, 0.25) is 0 Å². The van der Waals surface area contributed by atoms with Crippen molar-refractivity contribution in [3.8, 4) is 5.75 Å². The van der Waals surface area contributed by atoms with E-state index in [1.165, 1.54) is 35.6 Å². The van der Waals surface area contributed by atoms with E-state index in [9.17, 15) is 13.2 Å². The van der Waals surface area contributed by atoms with Crippen LogP contribution < -0.4 is 4.74 Å². The number of sulfonamides is 1. The Balaban J connectivity index is 2.77. The highest BCUT2D eigenvalue weighted by Crippen LogP contribution is 2.19. The molecule has 0 heterocycles. The van der Waals surface area contributed by atoms with E-state index in [4.69, 9.17) is 9.84 Å². The van der Waals surface area contributed by atoms with Crippen molar-refractivity contribution in [1.29, 1.82) is 0 Å². The van der Waals surface area contributed by atoms with Gasteiger partial charge in [-0.1, -0.05) is 12.2 Å². The summed E-state index contributed by atoms with van der Waals surface area (Å²) in [6, 6.07) is 5.87. The van der Waals surface area contributed by atoms with Crippen molar-refractivity contribution in [1.82, 2.24) is 4.31 Å². The van der Waals surface area contributed by atoms with Gasteiger partial charge in [-0.05, 0) is 31.2 Å². The topological polar surface area (TPSA) is 83.9 Å². The molecule has 0 bridgehead atoms. The van der Waals surface area contributed by atoms with Crippen LogP contribution in [0.15, 0.2) is 41.3 Å². The summed E-state index contributed by atoms with van der Waals surface area (Å²) in [5.74, 6) is -0.520. The zero-order valence-electron chi connectivity index (χ0n) is 12.1. The SMILES string of the molecule is C=C(C)CN(C)S(=O)(=O)c1ccc(OCCC(=O)O)cc1. The molecule has 6 nitrogen and oxygen atoms in total. The molecular formula is C14H19NO5S. The highest BCUT2D eigenvalue weighted by Gasteiger charge is 2.20. The van der Waals surface area contributed by atoms with E-state index in [0.29, 0.717) is 5.75 Å². The highest BCUT2D eigenvalue weighted by atomic mass is 32.2. The molecule has 0 spiro atoms. The predicted molar refractivity (Wildman–Crippen MR) is 78.8 cm³/mol. The molecule has 1 aromatic carbocycles. The number of carboxylic acids is 1.